The number of halogens is 2. The molecule has 0 aromatic heterocycles. The van der Waals surface area contributed by atoms with Crippen molar-refractivity contribution < 1.29 is 0 Å². The maximum Gasteiger partial charge on any atom is 0.0595 e. The number of rotatable bonds is 6. The number of nitrogens with one attached hydrogen (secondary N) is 1. The van der Waals surface area contributed by atoms with Crippen LogP contribution in [0.4, 0.5) is 0 Å². The lowest BCUT2D eigenvalue weighted by atomic mass is 9.81. The molecular weight excluding hydrogens is 277 g/mol. The quantitative estimate of drug-likeness (QED) is 0.709. The van der Waals surface area contributed by atoms with Gasteiger partial charge in [0, 0.05) is 12.6 Å². The highest BCUT2D eigenvalue weighted by molar-refractivity contribution is 6.42. The standard InChI is InChI=1S/C16H25Cl2N/c1-6-15(19-10-16(4,5)11(2)3)12-7-8-13(17)14(18)9-12/h7-9,11,15,19H,6,10H2,1-5H3. The van der Waals surface area contributed by atoms with Gasteiger partial charge in [-0.25, -0.2) is 0 Å². The van der Waals surface area contributed by atoms with E-state index in [0.29, 0.717) is 22.0 Å². The van der Waals surface area contributed by atoms with Crippen molar-refractivity contribution in [3.05, 3.63) is 33.8 Å². The molecule has 1 N–H and O–H groups in total. The van der Waals surface area contributed by atoms with Crippen LogP contribution in [0.25, 0.3) is 0 Å². The molecule has 0 bridgehead atoms. The van der Waals surface area contributed by atoms with E-state index in [1.165, 1.54) is 5.56 Å². The highest BCUT2D eigenvalue weighted by Crippen LogP contribution is 2.29. The van der Waals surface area contributed by atoms with Gasteiger partial charge >= 0.3 is 0 Å². The first-order valence-electron chi connectivity index (χ1n) is 6.96. The van der Waals surface area contributed by atoms with Crippen LogP contribution in [-0.4, -0.2) is 6.54 Å². The third kappa shape index (κ3) is 4.66. The van der Waals surface area contributed by atoms with Gasteiger partial charge < -0.3 is 5.32 Å². The summed E-state index contributed by atoms with van der Waals surface area (Å²) < 4.78 is 0. The summed E-state index contributed by atoms with van der Waals surface area (Å²) in [5, 5.41) is 4.89. The molecule has 3 heteroatoms. The van der Waals surface area contributed by atoms with Crippen molar-refractivity contribution in [1.29, 1.82) is 0 Å². The molecule has 1 rings (SSSR count). The van der Waals surface area contributed by atoms with Gasteiger partial charge in [0.05, 0.1) is 10.0 Å². The SMILES string of the molecule is CCC(NCC(C)(C)C(C)C)c1ccc(Cl)c(Cl)c1. The lowest BCUT2D eigenvalue weighted by Gasteiger charge is -2.32. The molecule has 0 aliphatic rings. The summed E-state index contributed by atoms with van der Waals surface area (Å²) in [7, 11) is 0. The van der Waals surface area contributed by atoms with Gasteiger partial charge in [-0.2, -0.15) is 0 Å². The van der Waals surface area contributed by atoms with Crippen molar-refractivity contribution in [3.63, 3.8) is 0 Å². The van der Waals surface area contributed by atoms with Crippen LogP contribution >= 0.6 is 23.2 Å². The average Bonchev–Trinajstić information content (AvgIpc) is 2.34. The number of benzene rings is 1. The lowest BCUT2D eigenvalue weighted by molar-refractivity contribution is 0.227. The smallest absolute Gasteiger partial charge is 0.0595 e. The van der Waals surface area contributed by atoms with E-state index >= 15 is 0 Å². The molecular formula is C16H25Cl2N. The summed E-state index contributed by atoms with van der Waals surface area (Å²) in [6.07, 6.45) is 1.03. The van der Waals surface area contributed by atoms with E-state index in [1.54, 1.807) is 0 Å². The van der Waals surface area contributed by atoms with Gasteiger partial charge in [-0.3, -0.25) is 0 Å². The van der Waals surface area contributed by atoms with Gasteiger partial charge in [-0.1, -0.05) is 63.9 Å². The first-order chi connectivity index (χ1) is 8.77. The highest BCUT2D eigenvalue weighted by Gasteiger charge is 2.23. The minimum Gasteiger partial charge on any atom is -0.309 e. The second-order valence-electron chi connectivity index (χ2n) is 6.16. The molecule has 108 valence electrons. The zero-order valence-electron chi connectivity index (χ0n) is 12.6. The monoisotopic (exact) mass is 301 g/mol. The van der Waals surface area contributed by atoms with E-state index in [1.807, 2.05) is 12.1 Å². The van der Waals surface area contributed by atoms with Crippen molar-refractivity contribution in [2.45, 2.75) is 47.1 Å². The fraction of sp³-hybridized carbons (Fsp3) is 0.625. The molecule has 0 radical (unpaired) electrons. The molecule has 1 unspecified atom stereocenters. The zero-order chi connectivity index (χ0) is 14.6. The Morgan fingerprint density at radius 3 is 2.26 bits per heavy atom. The maximum absolute atomic E-state index is 6.10. The fourth-order valence-electron chi connectivity index (χ4n) is 1.82. The Morgan fingerprint density at radius 1 is 1.16 bits per heavy atom. The summed E-state index contributed by atoms with van der Waals surface area (Å²) in [5.74, 6) is 0.645. The molecule has 0 saturated carbocycles. The molecule has 1 aromatic rings. The van der Waals surface area contributed by atoms with Crippen molar-refractivity contribution in [2.75, 3.05) is 6.54 Å². The third-order valence-electron chi connectivity index (χ3n) is 4.12. The highest BCUT2D eigenvalue weighted by atomic mass is 35.5. The van der Waals surface area contributed by atoms with Crippen LogP contribution in [0.5, 0.6) is 0 Å². The molecule has 0 aliphatic heterocycles. The Labute approximate surface area is 127 Å². The maximum atomic E-state index is 6.10. The predicted octanol–water partition coefficient (Wildman–Crippen LogP) is 5.72. The zero-order valence-corrected chi connectivity index (χ0v) is 14.1. The van der Waals surface area contributed by atoms with Gasteiger partial charge in [0.25, 0.3) is 0 Å². The summed E-state index contributed by atoms with van der Waals surface area (Å²) in [4.78, 5) is 0. The minimum absolute atomic E-state index is 0.281. The molecule has 0 heterocycles. The Bertz CT molecular complexity index is 413. The molecule has 0 saturated heterocycles. The van der Waals surface area contributed by atoms with Gasteiger partial charge in [0.2, 0.25) is 0 Å². The molecule has 19 heavy (non-hydrogen) atoms. The predicted molar refractivity (Wildman–Crippen MR) is 86.1 cm³/mol. The van der Waals surface area contributed by atoms with Crippen LogP contribution in [0.3, 0.4) is 0 Å². The normalized spacial score (nSPS) is 13.9. The van der Waals surface area contributed by atoms with Crippen LogP contribution in [0, 0.1) is 11.3 Å². The first kappa shape index (κ1) is 16.8. The first-order valence-corrected chi connectivity index (χ1v) is 7.72. The summed E-state index contributed by atoms with van der Waals surface area (Å²) >= 11 is 12.1. The average molecular weight is 302 g/mol. The number of hydrogen-bond acceptors (Lipinski definition) is 1. The Hall–Kier alpha value is -0.240. The molecule has 0 aliphatic carbocycles. The van der Waals surface area contributed by atoms with E-state index in [4.69, 9.17) is 23.2 Å². The fourth-order valence-corrected chi connectivity index (χ4v) is 2.12. The largest absolute Gasteiger partial charge is 0.309 e. The third-order valence-corrected chi connectivity index (χ3v) is 4.86. The topological polar surface area (TPSA) is 12.0 Å². The summed E-state index contributed by atoms with van der Waals surface area (Å²) in [5.41, 5.74) is 1.49. The van der Waals surface area contributed by atoms with Crippen molar-refractivity contribution in [2.24, 2.45) is 11.3 Å². The lowest BCUT2D eigenvalue weighted by Crippen LogP contribution is -2.35. The molecule has 0 amide bonds. The van der Waals surface area contributed by atoms with Gasteiger partial charge in [0.1, 0.15) is 0 Å². The van der Waals surface area contributed by atoms with Crippen LogP contribution in [0.15, 0.2) is 18.2 Å². The molecule has 0 fully saturated rings. The van der Waals surface area contributed by atoms with Crippen LogP contribution in [0.2, 0.25) is 10.0 Å². The molecule has 1 nitrogen and oxygen atoms in total. The Kier molecular flexibility index (Phi) is 6.16. The Morgan fingerprint density at radius 2 is 1.79 bits per heavy atom. The summed E-state index contributed by atoms with van der Waals surface area (Å²) in [6.45, 7) is 12.3. The van der Waals surface area contributed by atoms with Crippen LogP contribution in [-0.2, 0) is 0 Å². The second kappa shape index (κ2) is 6.97. The molecule has 1 atom stereocenters. The van der Waals surface area contributed by atoms with E-state index in [2.05, 4.69) is 46.0 Å². The van der Waals surface area contributed by atoms with Crippen molar-refractivity contribution in [1.82, 2.24) is 5.32 Å². The Balaban J connectivity index is 2.76. The second-order valence-corrected chi connectivity index (χ2v) is 6.97. The van der Waals surface area contributed by atoms with E-state index in [-0.39, 0.29) is 5.41 Å². The van der Waals surface area contributed by atoms with Crippen molar-refractivity contribution >= 4 is 23.2 Å². The molecule has 1 aromatic carbocycles. The van der Waals surface area contributed by atoms with Crippen molar-refractivity contribution in [3.8, 4) is 0 Å². The van der Waals surface area contributed by atoms with E-state index in [0.717, 1.165) is 13.0 Å². The minimum atomic E-state index is 0.281. The number of hydrogen-bond donors (Lipinski definition) is 1. The van der Waals surface area contributed by atoms with Gasteiger partial charge in [-0.15, -0.1) is 0 Å². The van der Waals surface area contributed by atoms with E-state index < -0.39 is 0 Å². The van der Waals surface area contributed by atoms with Gasteiger partial charge in [-0.05, 0) is 35.4 Å². The van der Waals surface area contributed by atoms with Crippen LogP contribution in [0.1, 0.15) is 52.6 Å². The van der Waals surface area contributed by atoms with Gasteiger partial charge in [0.15, 0.2) is 0 Å². The van der Waals surface area contributed by atoms with E-state index in [9.17, 15) is 0 Å². The summed E-state index contributed by atoms with van der Waals surface area (Å²) in [6, 6.07) is 6.22. The molecule has 0 spiro atoms. The van der Waals surface area contributed by atoms with Crippen LogP contribution < -0.4 is 5.32 Å².